The Bertz CT molecular complexity index is 160. The Hall–Kier alpha value is -0.410. The molecule has 0 amide bonds. The van der Waals surface area contributed by atoms with Crippen LogP contribution < -0.4 is 0 Å². The van der Waals surface area contributed by atoms with Crippen LogP contribution in [0.15, 0.2) is 0 Å². The zero-order chi connectivity index (χ0) is 7.03. The van der Waals surface area contributed by atoms with Gasteiger partial charge in [-0.05, 0) is 0 Å². The highest BCUT2D eigenvalue weighted by Crippen LogP contribution is 2.29. The standard InChI is InChI=1S/C7H10O3/c8-6-1-2-10-7(3-6)4-9-5-7/h1-5H2. The number of Topliss-reactive ketones (excluding diaryl/α,β-unsaturated/α-hetero) is 1. The van der Waals surface area contributed by atoms with E-state index >= 15 is 0 Å². The summed E-state index contributed by atoms with van der Waals surface area (Å²) in [6.45, 7) is 1.81. The van der Waals surface area contributed by atoms with Crippen molar-refractivity contribution in [2.75, 3.05) is 19.8 Å². The molecule has 0 unspecified atom stereocenters. The van der Waals surface area contributed by atoms with Crippen LogP contribution in [0, 0.1) is 0 Å². The Kier molecular flexibility index (Phi) is 1.28. The predicted molar refractivity (Wildman–Crippen MR) is 33.7 cm³/mol. The van der Waals surface area contributed by atoms with Gasteiger partial charge < -0.3 is 9.47 Å². The topological polar surface area (TPSA) is 35.5 Å². The summed E-state index contributed by atoms with van der Waals surface area (Å²) in [6, 6.07) is 0. The van der Waals surface area contributed by atoms with Crippen LogP contribution in [0.1, 0.15) is 12.8 Å². The van der Waals surface area contributed by atoms with E-state index in [1.54, 1.807) is 0 Å². The van der Waals surface area contributed by atoms with Gasteiger partial charge in [-0.15, -0.1) is 0 Å². The second-order valence-corrected chi connectivity index (χ2v) is 2.99. The average Bonchev–Trinajstić information content (AvgIpc) is 1.85. The van der Waals surface area contributed by atoms with Gasteiger partial charge in [0.2, 0.25) is 0 Å². The molecule has 2 heterocycles. The van der Waals surface area contributed by atoms with Crippen molar-refractivity contribution in [1.82, 2.24) is 0 Å². The smallest absolute Gasteiger partial charge is 0.138 e. The molecule has 0 atom stereocenters. The molecule has 1 spiro atoms. The van der Waals surface area contributed by atoms with Crippen LogP contribution in [-0.2, 0) is 14.3 Å². The van der Waals surface area contributed by atoms with E-state index in [0.29, 0.717) is 38.4 Å². The number of hydrogen-bond donors (Lipinski definition) is 0. The molecule has 2 fully saturated rings. The molecule has 0 aromatic carbocycles. The summed E-state index contributed by atoms with van der Waals surface area (Å²) in [5, 5.41) is 0. The Labute approximate surface area is 59.3 Å². The van der Waals surface area contributed by atoms with E-state index in [1.807, 2.05) is 0 Å². The van der Waals surface area contributed by atoms with Crippen LogP contribution in [0.4, 0.5) is 0 Å². The van der Waals surface area contributed by atoms with Crippen molar-refractivity contribution in [3.05, 3.63) is 0 Å². The van der Waals surface area contributed by atoms with E-state index in [1.165, 1.54) is 0 Å². The third kappa shape index (κ3) is 0.859. The van der Waals surface area contributed by atoms with E-state index in [4.69, 9.17) is 9.47 Å². The molecule has 0 N–H and O–H groups in total. The number of ether oxygens (including phenoxy) is 2. The maximum absolute atomic E-state index is 10.9. The average molecular weight is 142 g/mol. The van der Waals surface area contributed by atoms with E-state index in [0.717, 1.165) is 0 Å². The zero-order valence-electron chi connectivity index (χ0n) is 5.76. The molecule has 2 rings (SSSR count). The Morgan fingerprint density at radius 3 is 2.60 bits per heavy atom. The van der Waals surface area contributed by atoms with Crippen LogP contribution in [0.2, 0.25) is 0 Å². The van der Waals surface area contributed by atoms with Gasteiger partial charge in [0.25, 0.3) is 0 Å². The second kappa shape index (κ2) is 2.04. The highest BCUT2D eigenvalue weighted by Gasteiger charge is 2.43. The fourth-order valence-corrected chi connectivity index (χ4v) is 1.40. The van der Waals surface area contributed by atoms with Gasteiger partial charge in [-0.25, -0.2) is 0 Å². The van der Waals surface area contributed by atoms with Crippen LogP contribution in [-0.4, -0.2) is 31.2 Å². The fourth-order valence-electron chi connectivity index (χ4n) is 1.40. The van der Waals surface area contributed by atoms with Crippen molar-refractivity contribution < 1.29 is 14.3 Å². The lowest BCUT2D eigenvalue weighted by Gasteiger charge is -2.42. The quantitative estimate of drug-likeness (QED) is 0.482. The molecule has 2 aliphatic rings. The minimum Gasteiger partial charge on any atom is -0.375 e. The van der Waals surface area contributed by atoms with E-state index in [2.05, 4.69) is 0 Å². The van der Waals surface area contributed by atoms with Gasteiger partial charge in [-0.3, -0.25) is 4.79 Å². The van der Waals surface area contributed by atoms with Gasteiger partial charge in [0, 0.05) is 12.8 Å². The SMILES string of the molecule is O=C1CCOC2(COC2)C1. The van der Waals surface area contributed by atoms with Gasteiger partial charge in [0.15, 0.2) is 0 Å². The van der Waals surface area contributed by atoms with Gasteiger partial charge in [0.05, 0.1) is 19.8 Å². The molecular weight excluding hydrogens is 132 g/mol. The third-order valence-corrected chi connectivity index (χ3v) is 2.04. The molecule has 0 aliphatic carbocycles. The minimum absolute atomic E-state index is 0.199. The van der Waals surface area contributed by atoms with Gasteiger partial charge in [0.1, 0.15) is 11.4 Å². The largest absolute Gasteiger partial charge is 0.375 e. The van der Waals surface area contributed by atoms with Crippen molar-refractivity contribution >= 4 is 5.78 Å². The summed E-state index contributed by atoms with van der Waals surface area (Å²) < 4.78 is 10.4. The van der Waals surface area contributed by atoms with Crippen molar-refractivity contribution in [3.63, 3.8) is 0 Å². The van der Waals surface area contributed by atoms with Crippen LogP contribution in [0.3, 0.4) is 0 Å². The van der Waals surface area contributed by atoms with Crippen molar-refractivity contribution in [2.24, 2.45) is 0 Å². The van der Waals surface area contributed by atoms with Crippen LogP contribution >= 0.6 is 0 Å². The molecule has 0 saturated carbocycles. The summed E-state index contributed by atoms with van der Waals surface area (Å²) in [6.07, 6.45) is 1.15. The van der Waals surface area contributed by atoms with Crippen molar-refractivity contribution in [2.45, 2.75) is 18.4 Å². The highest BCUT2D eigenvalue weighted by molar-refractivity contribution is 5.80. The number of carbonyl (C=O) groups is 1. The fraction of sp³-hybridized carbons (Fsp3) is 0.857. The molecule has 0 aromatic heterocycles. The first-order valence-electron chi connectivity index (χ1n) is 3.54. The van der Waals surface area contributed by atoms with Crippen molar-refractivity contribution in [3.8, 4) is 0 Å². The number of carbonyl (C=O) groups excluding carboxylic acids is 1. The lowest BCUT2D eigenvalue weighted by atomic mass is 9.91. The normalized spacial score (nSPS) is 30.2. The number of rotatable bonds is 0. The monoisotopic (exact) mass is 142 g/mol. The lowest BCUT2D eigenvalue weighted by molar-refractivity contribution is -0.222. The molecule has 3 nitrogen and oxygen atoms in total. The summed E-state index contributed by atoms with van der Waals surface area (Å²) in [5.74, 6) is 0.314. The van der Waals surface area contributed by atoms with Gasteiger partial charge in [-0.1, -0.05) is 0 Å². The van der Waals surface area contributed by atoms with E-state index in [-0.39, 0.29) is 5.60 Å². The number of ketones is 1. The highest BCUT2D eigenvalue weighted by atomic mass is 16.6. The predicted octanol–water partition coefficient (Wildman–Crippen LogP) is 0.135. The summed E-state index contributed by atoms with van der Waals surface area (Å²) in [5.41, 5.74) is -0.199. The maximum Gasteiger partial charge on any atom is 0.138 e. The Morgan fingerprint density at radius 2 is 2.20 bits per heavy atom. The molecule has 56 valence electrons. The second-order valence-electron chi connectivity index (χ2n) is 2.99. The molecule has 10 heavy (non-hydrogen) atoms. The van der Waals surface area contributed by atoms with Gasteiger partial charge >= 0.3 is 0 Å². The maximum atomic E-state index is 10.9. The molecule has 0 aromatic rings. The lowest BCUT2D eigenvalue weighted by Crippen LogP contribution is -2.55. The molecule has 2 aliphatic heterocycles. The van der Waals surface area contributed by atoms with E-state index < -0.39 is 0 Å². The molecule has 3 heteroatoms. The molecular formula is C7H10O3. The zero-order valence-corrected chi connectivity index (χ0v) is 5.76. The molecule has 0 radical (unpaired) electrons. The third-order valence-electron chi connectivity index (χ3n) is 2.04. The Balaban J connectivity index is 2.02. The first-order chi connectivity index (χ1) is 4.81. The van der Waals surface area contributed by atoms with E-state index in [9.17, 15) is 4.79 Å². The first-order valence-corrected chi connectivity index (χ1v) is 3.54. The summed E-state index contributed by atoms with van der Waals surface area (Å²) in [4.78, 5) is 10.9. The summed E-state index contributed by atoms with van der Waals surface area (Å²) in [7, 11) is 0. The van der Waals surface area contributed by atoms with Crippen LogP contribution in [0.5, 0.6) is 0 Å². The molecule has 0 bridgehead atoms. The Morgan fingerprint density at radius 1 is 1.40 bits per heavy atom. The summed E-state index contributed by atoms with van der Waals surface area (Å²) >= 11 is 0. The van der Waals surface area contributed by atoms with Gasteiger partial charge in [-0.2, -0.15) is 0 Å². The van der Waals surface area contributed by atoms with Crippen LogP contribution in [0.25, 0.3) is 0 Å². The van der Waals surface area contributed by atoms with Crippen molar-refractivity contribution in [1.29, 1.82) is 0 Å². The number of hydrogen-bond acceptors (Lipinski definition) is 3. The minimum atomic E-state index is -0.199. The molecule has 2 saturated heterocycles. The first kappa shape index (κ1) is 6.31.